The van der Waals surface area contributed by atoms with Gasteiger partial charge < -0.3 is 10.4 Å². The Balaban J connectivity index is 2.08. The van der Waals surface area contributed by atoms with Gasteiger partial charge in [-0.25, -0.2) is 0 Å². The molecule has 2 N–H and O–H groups in total. The fraction of sp³-hybridized carbons (Fsp3) is 0.0714. The van der Waals surface area contributed by atoms with Crippen LogP contribution in [0.5, 0.6) is 5.75 Å². The van der Waals surface area contributed by atoms with Gasteiger partial charge in [0.15, 0.2) is 0 Å². The summed E-state index contributed by atoms with van der Waals surface area (Å²) in [7, 11) is 0. The van der Waals surface area contributed by atoms with E-state index in [2.05, 4.69) is 5.32 Å². The van der Waals surface area contributed by atoms with Gasteiger partial charge in [0.05, 0.1) is 0 Å². The fourth-order valence-corrected chi connectivity index (χ4v) is 1.90. The van der Waals surface area contributed by atoms with E-state index in [0.717, 1.165) is 10.6 Å². The van der Waals surface area contributed by atoms with Crippen molar-refractivity contribution in [2.45, 2.75) is 4.90 Å². The Morgan fingerprint density at radius 1 is 1.06 bits per heavy atom. The van der Waals surface area contributed by atoms with Crippen molar-refractivity contribution in [1.82, 2.24) is 0 Å². The summed E-state index contributed by atoms with van der Waals surface area (Å²) in [6.45, 7) is 0. The minimum Gasteiger partial charge on any atom is -0.508 e. The number of aromatic hydroxyl groups is 1. The van der Waals surface area contributed by atoms with Crippen LogP contribution < -0.4 is 5.32 Å². The molecule has 0 radical (unpaired) electrons. The maximum Gasteiger partial charge on any atom is 0.255 e. The molecule has 0 aliphatic carbocycles. The van der Waals surface area contributed by atoms with Gasteiger partial charge in [-0.05, 0) is 54.8 Å². The van der Waals surface area contributed by atoms with Crippen molar-refractivity contribution in [3.8, 4) is 5.75 Å². The summed E-state index contributed by atoms with van der Waals surface area (Å²) < 4.78 is 0. The third-order valence-corrected chi connectivity index (χ3v) is 3.22. The molecule has 0 heterocycles. The number of amides is 1. The molecule has 2 aromatic carbocycles. The molecule has 0 fully saturated rings. The quantitative estimate of drug-likeness (QED) is 0.831. The molecular weight excluding hydrogens is 246 g/mol. The Morgan fingerprint density at radius 2 is 1.67 bits per heavy atom. The van der Waals surface area contributed by atoms with Gasteiger partial charge in [0, 0.05) is 16.1 Å². The maximum atomic E-state index is 11.9. The van der Waals surface area contributed by atoms with Crippen LogP contribution in [0.2, 0.25) is 0 Å². The summed E-state index contributed by atoms with van der Waals surface area (Å²) in [6, 6.07) is 13.8. The number of nitrogens with one attached hydrogen (secondary N) is 1. The monoisotopic (exact) mass is 259 g/mol. The highest BCUT2D eigenvalue weighted by atomic mass is 32.2. The average molecular weight is 259 g/mol. The third kappa shape index (κ3) is 3.05. The van der Waals surface area contributed by atoms with E-state index in [1.165, 1.54) is 12.1 Å². The molecule has 0 aliphatic rings. The SMILES string of the molecule is CSc1ccc(NC(=O)c2ccc(O)cc2)cc1. The van der Waals surface area contributed by atoms with Gasteiger partial charge in [-0.15, -0.1) is 11.8 Å². The Morgan fingerprint density at radius 3 is 2.22 bits per heavy atom. The minimum atomic E-state index is -0.188. The number of carbonyl (C=O) groups is 1. The maximum absolute atomic E-state index is 11.9. The summed E-state index contributed by atoms with van der Waals surface area (Å²) in [5, 5.41) is 12.0. The molecule has 0 unspecified atom stereocenters. The number of hydrogen-bond donors (Lipinski definition) is 2. The zero-order valence-electron chi connectivity index (χ0n) is 9.88. The van der Waals surface area contributed by atoms with E-state index >= 15 is 0 Å². The van der Waals surface area contributed by atoms with Gasteiger partial charge in [0.2, 0.25) is 0 Å². The molecule has 0 spiro atoms. The molecule has 0 saturated carbocycles. The van der Waals surface area contributed by atoms with Crippen LogP contribution in [0.15, 0.2) is 53.4 Å². The van der Waals surface area contributed by atoms with E-state index in [-0.39, 0.29) is 11.7 Å². The first-order valence-corrected chi connectivity index (χ1v) is 6.66. The zero-order valence-corrected chi connectivity index (χ0v) is 10.7. The van der Waals surface area contributed by atoms with E-state index < -0.39 is 0 Å². The van der Waals surface area contributed by atoms with Crippen LogP contribution in [-0.4, -0.2) is 17.3 Å². The van der Waals surface area contributed by atoms with Crippen molar-refractivity contribution < 1.29 is 9.90 Å². The van der Waals surface area contributed by atoms with E-state index in [1.54, 1.807) is 23.9 Å². The molecule has 92 valence electrons. The molecule has 18 heavy (non-hydrogen) atoms. The summed E-state index contributed by atoms with van der Waals surface area (Å²) in [5.74, 6) is -0.0391. The minimum absolute atomic E-state index is 0.149. The van der Waals surface area contributed by atoms with Gasteiger partial charge in [0.1, 0.15) is 5.75 Å². The molecule has 0 saturated heterocycles. The topological polar surface area (TPSA) is 49.3 Å². The van der Waals surface area contributed by atoms with Crippen LogP contribution >= 0.6 is 11.8 Å². The predicted molar refractivity (Wildman–Crippen MR) is 74.3 cm³/mol. The van der Waals surface area contributed by atoms with Crippen LogP contribution in [0.25, 0.3) is 0 Å². The Hall–Kier alpha value is -1.94. The second-order valence-electron chi connectivity index (χ2n) is 3.73. The van der Waals surface area contributed by atoms with Gasteiger partial charge in [-0.2, -0.15) is 0 Å². The Bertz CT molecular complexity index is 535. The van der Waals surface area contributed by atoms with Crippen molar-refractivity contribution in [2.75, 3.05) is 11.6 Å². The van der Waals surface area contributed by atoms with E-state index in [0.29, 0.717) is 5.56 Å². The average Bonchev–Trinajstić information content (AvgIpc) is 2.40. The van der Waals surface area contributed by atoms with Crippen molar-refractivity contribution >= 4 is 23.4 Å². The lowest BCUT2D eigenvalue weighted by atomic mass is 10.2. The number of rotatable bonds is 3. The third-order valence-electron chi connectivity index (χ3n) is 2.48. The summed E-state index contributed by atoms with van der Waals surface area (Å²) in [6.07, 6.45) is 2.00. The number of anilines is 1. The first-order valence-electron chi connectivity index (χ1n) is 5.43. The highest BCUT2D eigenvalue weighted by molar-refractivity contribution is 7.98. The Labute approximate surface area is 110 Å². The van der Waals surface area contributed by atoms with Gasteiger partial charge in [-0.1, -0.05) is 0 Å². The number of carbonyl (C=O) groups excluding carboxylic acids is 1. The van der Waals surface area contributed by atoms with Crippen molar-refractivity contribution in [2.24, 2.45) is 0 Å². The zero-order chi connectivity index (χ0) is 13.0. The highest BCUT2D eigenvalue weighted by Crippen LogP contribution is 2.18. The Kier molecular flexibility index (Phi) is 3.89. The van der Waals surface area contributed by atoms with Crippen molar-refractivity contribution in [1.29, 1.82) is 0 Å². The summed E-state index contributed by atoms with van der Waals surface area (Å²) >= 11 is 1.65. The summed E-state index contributed by atoms with van der Waals surface area (Å²) in [4.78, 5) is 13.0. The van der Waals surface area contributed by atoms with Gasteiger partial charge in [-0.3, -0.25) is 4.79 Å². The van der Waals surface area contributed by atoms with Gasteiger partial charge in [0.25, 0.3) is 5.91 Å². The van der Waals surface area contributed by atoms with Crippen LogP contribution in [0.1, 0.15) is 10.4 Å². The molecule has 2 rings (SSSR count). The lowest BCUT2D eigenvalue weighted by Crippen LogP contribution is -2.11. The molecule has 0 bridgehead atoms. The number of benzene rings is 2. The fourth-order valence-electron chi connectivity index (χ4n) is 1.49. The molecule has 3 nitrogen and oxygen atoms in total. The highest BCUT2D eigenvalue weighted by Gasteiger charge is 2.05. The molecule has 0 aliphatic heterocycles. The van der Waals surface area contributed by atoms with Crippen molar-refractivity contribution in [3.63, 3.8) is 0 Å². The molecular formula is C14H13NO2S. The lowest BCUT2D eigenvalue weighted by molar-refractivity contribution is 0.102. The largest absolute Gasteiger partial charge is 0.508 e. The second-order valence-corrected chi connectivity index (χ2v) is 4.61. The van der Waals surface area contributed by atoms with Crippen molar-refractivity contribution in [3.05, 3.63) is 54.1 Å². The lowest BCUT2D eigenvalue weighted by Gasteiger charge is -2.06. The predicted octanol–water partition coefficient (Wildman–Crippen LogP) is 3.37. The molecule has 2 aromatic rings. The first-order chi connectivity index (χ1) is 8.69. The molecule has 0 atom stereocenters. The van der Waals surface area contributed by atoms with E-state index in [9.17, 15) is 4.79 Å². The molecule has 0 aromatic heterocycles. The van der Waals surface area contributed by atoms with E-state index in [4.69, 9.17) is 5.11 Å². The number of hydrogen-bond acceptors (Lipinski definition) is 3. The smallest absolute Gasteiger partial charge is 0.255 e. The summed E-state index contributed by atoms with van der Waals surface area (Å²) in [5.41, 5.74) is 1.27. The normalized spacial score (nSPS) is 10.1. The van der Waals surface area contributed by atoms with Crippen LogP contribution in [0.4, 0.5) is 5.69 Å². The van der Waals surface area contributed by atoms with Crippen LogP contribution in [0.3, 0.4) is 0 Å². The number of thioether (sulfide) groups is 1. The standard InChI is InChI=1S/C14H13NO2S/c1-18-13-8-4-11(5-9-13)15-14(17)10-2-6-12(16)7-3-10/h2-9,16H,1H3,(H,15,17). The first kappa shape index (κ1) is 12.5. The van der Waals surface area contributed by atoms with Crippen LogP contribution in [0, 0.1) is 0 Å². The van der Waals surface area contributed by atoms with Gasteiger partial charge >= 0.3 is 0 Å². The number of phenols is 1. The number of phenolic OH excluding ortho intramolecular Hbond substituents is 1. The van der Waals surface area contributed by atoms with Crippen LogP contribution in [-0.2, 0) is 0 Å². The molecule has 1 amide bonds. The van der Waals surface area contributed by atoms with E-state index in [1.807, 2.05) is 30.5 Å². The second kappa shape index (κ2) is 5.60. The molecule has 4 heteroatoms.